The molecule has 0 atom stereocenters. The summed E-state index contributed by atoms with van der Waals surface area (Å²) in [4.78, 5) is 12.4. The summed E-state index contributed by atoms with van der Waals surface area (Å²) in [6.07, 6.45) is 0.383. The summed E-state index contributed by atoms with van der Waals surface area (Å²) < 4.78 is 6.92. The lowest BCUT2D eigenvalue weighted by atomic mass is 9.81. The number of aromatic nitrogens is 2. The molecule has 0 saturated carbocycles. The Balaban J connectivity index is 2.14. The van der Waals surface area contributed by atoms with Crippen LogP contribution in [0.5, 0.6) is 5.88 Å². The number of nitrogens with zero attached hydrogens (tertiary/aromatic N) is 2. The first-order chi connectivity index (χ1) is 10.3. The van der Waals surface area contributed by atoms with E-state index in [2.05, 4.69) is 24.3 Å². The van der Waals surface area contributed by atoms with E-state index in [1.54, 1.807) is 18.8 Å². The highest BCUT2D eigenvalue weighted by Gasteiger charge is 2.25. The average Bonchev–Trinajstić information content (AvgIpc) is 2.73. The number of rotatable bonds is 5. The molecule has 1 N–H and O–H groups in total. The molecule has 0 bridgehead atoms. The zero-order valence-corrected chi connectivity index (χ0v) is 13.8. The van der Waals surface area contributed by atoms with Gasteiger partial charge in [-0.1, -0.05) is 44.2 Å². The highest BCUT2D eigenvalue weighted by molar-refractivity contribution is 5.93. The van der Waals surface area contributed by atoms with Gasteiger partial charge in [0.15, 0.2) is 0 Å². The average molecular weight is 301 g/mol. The van der Waals surface area contributed by atoms with Crippen molar-refractivity contribution >= 4 is 11.6 Å². The molecule has 0 aliphatic rings. The Hall–Kier alpha value is -2.30. The molecule has 0 radical (unpaired) electrons. The lowest BCUT2D eigenvalue weighted by molar-refractivity contribution is -0.117. The minimum absolute atomic E-state index is 0.0525. The maximum atomic E-state index is 12.4. The Morgan fingerprint density at radius 3 is 2.55 bits per heavy atom. The molecule has 5 heteroatoms. The van der Waals surface area contributed by atoms with Crippen LogP contribution in [-0.2, 0) is 17.3 Å². The molecule has 1 amide bonds. The molecule has 1 heterocycles. The lowest BCUT2D eigenvalue weighted by Crippen LogP contribution is -2.26. The number of carbonyl (C=O) groups excluding carboxylic acids is 1. The van der Waals surface area contributed by atoms with E-state index in [1.807, 2.05) is 37.3 Å². The van der Waals surface area contributed by atoms with Gasteiger partial charge in [-0.3, -0.25) is 4.79 Å². The molecule has 0 spiro atoms. The number of benzene rings is 1. The van der Waals surface area contributed by atoms with Crippen molar-refractivity contribution in [2.75, 3.05) is 12.4 Å². The largest absolute Gasteiger partial charge is 0.480 e. The van der Waals surface area contributed by atoms with Gasteiger partial charge in [0.2, 0.25) is 11.8 Å². The Bertz CT molecular complexity index is 660. The third-order valence-electron chi connectivity index (χ3n) is 3.79. The van der Waals surface area contributed by atoms with Crippen LogP contribution in [0, 0.1) is 6.92 Å². The monoisotopic (exact) mass is 301 g/mol. The first kappa shape index (κ1) is 16.1. The van der Waals surface area contributed by atoms with Crippen molar-refractivity contribution in [2.24, 2.45) is 7.05 Å². The zero-order valence-electron chi connectivity index (χ0n) is 13.8. The molecule has 1 aromatic heterocycles. The SMILES string of the molecule is COc1c(NC(=O)CC(C)(C)c2ccccc2)c(C)nn1C. The number of methoxy groups -OCH3 is 1. The minimum atomic E-state index is -0.241. The van der Waals surface area contributed by atoms with Gasteiger partial charge in [-0.2, -0.15) is 5.10 Å². The van der Waals surface area contributed by atoms with Gasteiger partial charge in [-0.15, -0.1) is 0 Å². The third-order valence-corrected chi connectivity index (χ3v) is 3.79. The Labute approximate surface area is 131 Å². The molecule has 5 nitrogen and oxygen atoms in total. The van der Waals surface area contributed by atoms with Crippen LogP contribution >= 0.6 is 0 Å². The summed E-state index contributed by atoms with van der Waals surface area (Å²) in [5.74, 6) is 0.506. The number of nitrogens with one attached hydrogen (secondary N) is 1. The maximum absolute atomic E-state index is 12.4. The van der Waals surface area contributed by atoms with E-state index < -0.39 is 0 Å². The number of aryl methyl sites for hydroxylation is 2. The van der Waals surface area contributed by atoms with Crippen molar-refractivity contribution < 1.29 is 9.53 Å². The second-order valence-corrected chi connectivity index (χ2v) is 6.07. The topological polar surface area (TPSA) is 56.1 Å². The Morgan fingerprint density at radius 2 is 1.95 bits per heavy atom. The van der Waals surface area contributed by atoms with Crippen molar-refractivity contribution in [2.45, 2.75) is 32.6 Å². The normalized spacial score (nSPS) is 11.3. The second-order valence-electron chi connectivity index (χ2n) is 6.07. The van der Waals surface area contributed by atoms with Crippen molar-refractivity contribution in [3.8, 4) is 5.88 Å². The molecule has 0 aliphatic carbocycles. The number of carbonyl (C=O) groups is 1. The van der Waals surface area contributed by atoms with Crippen LogP contribution < -0.4 is 10.1 Å². The second kappa shape index (κ2) is 6.22. The van der Waals surface area contributed by atoms with Crippen molar-refractivity contribution in [1.29, 1.82) is 0 Å². The molecular weight excluding hydrogens is 278 g/mol. The van der Waals surface area contributed by atoms with Crippen LogP contribution in [0.2, 0.25) is 0 Å². The quantitative estimate of drug-likeness (QED) is 0.923. The summed E-state index contributed by atoms with van der Waals surface area (Å²) >= 11 is 0. The van der Waals surface area contributed by atoms with Gasteiger partial charge in [0.1, 0.15) is 5.69 Å². The van der Waals surface area contributed by atoms with Crippen molar-refractivity contribution in [3.63, 3.8) is 0 Å². The minimum Gasteiger partial charge on any atom is -0.480 e. The fraction of sp³-hybridized carbons (Fsp3) is 0.412. The molecular formula is C17H23N3O2. The molecule has 0 aliphatic heterocycles. The molecule has 2 aromatic rings. The summed E-state index contributed by atoms with van der Waals surface area (Å²) in [5.41, 5.74) is 2.28. The fourth-order valence-corrected chi connectivity index (χ4v) is 2.59. The van der Waals surface area contributed by atoms with Gasteiger partial charge < -0.3 is 10.1 Å². The van der Waals surface area contributed by atoms with Gasteiger partial charge >= 0.3 is 0 Å². The highest BCUT2D eigenvalue weighted by Crippen LogP contribution is 2.30. The van der Waals surface area contributed by atoms with Gasteiger partial charge in [0.25, 0.3) is 0 Å². The first-order valence-corrected chi connectivity index (χ1v) is 7.28. The standard InChI is InChI=1S/C17H23N3O2/c1-12-15(16(22-5)20(4)19-12)18-14(21)11-17(2,3)13-9-7-6-8-10-13/h6-10H,11H2,1-5H3,(H,18,21). The molecule has 22 heavy (non-hydrogen) atoms. The van der Waals surface area contributed by atoms with E-state index in [4.69, 9.17) is 4.74 Å². The van der Waals surface area contributed by atoms with Crippen LogP contribution in [0.1, 0.15) is 31.5 Å². The van der Waals surface area contributed by atoms with E-state index in [9.17, 15) is 4.79 Å². The van der Waals surface area contributed by atoms with Gasteiger partial charge in [-0.05, 0) is 17.9 Å². The fourth-order valence-electron chi connectivity index (χ4n) is 2.59. The van der Waals surface area contributed by atoms with Crippen LogP contribution in [0.3, 0.4) is 0 Å². The summed E-state index contributed by atoms with van der Waals surface area (Å²) in [6, 6.07) is 10.0. The summed E-state index contributed by atoms with van der Waals surface area (Å²) in [6.45, 7) is 5.98. The summed E-state index contributed by atoms with van der Waals surface area (Å²) in [7, 11) is 3.36. The predicted molar refractivity (Wildman–Crippen MR) is 87.2 cm³/mol. The van der Waals surface area contributed by atoms with Crippen LogP contribution in [-0.4, -0.2) is 22.8 Å². The smallest absolute Gasteiger partial charge is 0.236 e. The van der Waals surface area contributed by atoms with E-state index in [-0.39, 0.29) is 11.3 Å². The number of anilines is 1. The zero-order chi connectivity index (χ0) is 16.3. The predicted octanol–water partition coefficient (Wildman–Crippen LogP) is 3.04. The Morgan fingerprint density at radius 1 is 1.32 bits per heavy atom. The molecule has 0 unspecified atom stereocenters. The molecule has 0 fully saturated rings. The molecule has 1 aromatic carbocycles. The first-order valence-electron chi connectivity index (χ1n) is 7.28. The van der Waals surface area contributed by atoms with E-state index >= 15 is 0 Å². The van der Waals surface area contributed by atoms with Gasteiger partial charge in [0.05, 0.1) is 12.8 Å². The molecule has 0 saturated heterocycles. The molecule has 118 valence electrons. The number of hydrogen-bond donors (Lipinski definition) is 1. The van der Waals surface area contributed by atoms with E-state index in [0.29, 0.717) is 18.0 Å². The van der Waals surface area contributed by atoms with E-state index in [0.717, 1.165) is 11.3 Å². The number of hydrogen-bond acceptors (Lipinski definition) is 3. The summed E-state index contributed by atoms with van der Waals surface area (Å²) in [5, 5.41) is 7.20. The van der Waals surface area contributed by atoms with Gasteiger partial charge in [0, 0.05) is 13.5 Å². The molecule has 2 rings (SSSR count). The maximum Gasteiger partial charge on any atom is 0.236 e. The van der Waals surface area contributed by atoms with Crippen molar-refractivity contribution in [3.05, 3.63) is 41.6 Å². The number of ether oxygens (including phenoxy) is 1. The lowest BCUT2D eigenvalue weighted by Gasteiger charge is -2.24. The van der Waals surface area contributed by atoms with Gasteiger partial charge in [-0.25, -0.2) is 4.68 Å². The van der Waals surface area contributed by atoms with Crippen LogP contribution in [0.25, 0.3) is 0 Å². The number of amides is 1. The van der Waals surface area contributed by atoms with E-state index in [1.165, 1.54) is 0 Å². The van der Waals surface area contributed by atoms with Crippen molar-refractivity contribution in [1.82, 2.24) is 9.78 Å². The highest BCUT2D eigenvalue weighted by atomic mass is 16.5. The third kappa shape index (κ3) is 3.30. The van der Waals surface area contributed by atoms with Crippen LogP contribution in [0.4, 0.5) is 5.69 Å². The van der Waals surface area contributed by atoms with Crippen LogP contribution in [0.15, 0.2) is 30.3 Å². The Kier molecular flexibility index (Phi) is 4.54.